The van der Waals surface area contributed by atoms with Crippen LogP contribution in [0.4, 0.5) is 5.82 Å². The summed E-state index contributed by atoms with van der Waals surface area (Å²) in [6.07, 6.45) is 7.09. The molecule has 0 bridgehead atoms. The van der Waals surface area contributed by atoms with Crippen LogP contribution in [0.1, 0.15) is 42.5 Å². The molecule has 1 heterocycles. The summed E-state index contributed by atoms with van der Waals surface area (Å²) >= 11 is 0. The Morgan fingerprint density at radius 1 is 1.38 bits per heavy atom. The summed E-state index contributed by atoms with van der Waals surface area (Å²) < 4.78 is 5.84. The maximum absolute atomic E-state index is 11.1. The minimum Gasteiger partial charge on any atom is -0.378 e. The minimum atomic E-state index is -0.445. The number of amides is 1. The van der Waals surface area contributed by atoms with Gasteiger partial charge in [0.25, 0.3) is 0 Å². The van der Waals surface area contributed by atoms with Gasteiger partial charge >= 0.3 is 0 Å². The molecule has 0 saturated heterocycles. The van der Waals surface area contributed by atoms with E-state index in [1.54, 1.807) is 18.3 Å². The van der Waals surface area contributed by atoms with E-state index in [0.717, 1.165) is 45.3 Å². The van der Waals surface area contributed by atoms with Gasteiger partial charge in [-0.25, -0.2) is 4.98 Å². The molecule has 0 spiro atoms. The molecule has 5 N–H and O–H groups in total. The van der Waals surface area contributed by atoms with Crippen molar-refractivity contribution >= 4 is 11.7 Å². The van der Waals surface area contributed by atoms with Crippen molar-refractivity contribution in [1.29, 1.82) is 0 Å². The average Bonchev–Trinajstić information content (AvgIpc) is 2.49. The Hall–Kier alpha value is -1.66. The van der Waals surface area contributed by atoms with Crippen LogP contribution in [0.2, 0.25) is 0 Å². The molecule has 1 fully saturated rings. The Bertz CT molecular complexity index is 459. The number of aromatic nitrogens is 1. The molecular formula is C15H24N4O2. The van der Waals surface area contributed by atoms with Crippen molar-refractivity contribution in [2.75, 3.05) is 18.5 Å². The monoisotopic (exact) mass is 292 g/mol. The SMILES string of the molecule is NC(=O)c1ccnc(NCCCOC2CCC(N)CC2)c1. The van der Waals surface area contributed by atoms with Gasteiger partial charge in [0.1, 0.15) is 5.82 Å². The van der Waals surface area contributed by atoms with Crippen LogP contribution in [0.25, 0.3) is 0 Å². The largest absolute Gasteiger partial charge is 0.378 e. The average molecular weight is 292 g/mol. The maximum atomic E-state index is 11.1. The zero-order chi connectivity index (χ0) is 15.1. The number of primary amides is 1. The van der Waals surface area contributed by atoms with Gasteiger partial charge in [-0.15, -0.1) is 0 Å². The molecule has 1 aliphatic rings. The van der Waals surface area contributed by atoms with Crippen LogP contribution in [-0.2, 0) is 4.74 Å². The highest BCUT2D eigenvalue weighted by atomic mass is 16.5. The lowest BCUT2D eigenvalue weighted by Gasteiger charge is -2.26. The standard InChI is InChI=1S/C15H24N4O2/c16-12-2-4-13(5-3-12)21-9-1-7-18-14-10-11(15(17)20)6-8-19-14/h6,8,10,12-13H,1-5,7,9,16H2,(H2,17,20)(H,18,19). The fourth-order valence-electron chi connectivity index (χ4n) is 2.47. The van der Waals surface area contributed by atoms with Gasteiger partial charge in [0.15, 0.2) is 0 Å². The molecule has 6 nitrogen and oxygen atoms in total. The van der Waals surface area contributed by atoms with Crippen molar-refractivity contribution in [2.24, 2.45) is 11.5 Å². The third-order valence-corrected chi connectivity index (χ3v) is 3.74. The first kappa shape index (κ1) is 15.7. The summed E-state index contributed by atoms with van der Waals surface area (Å²) in [5.41, 5.74) is 11.6. The molecule has 0 radical (unpaired) electrons. The smallest absolute Gasteiger partial charge is 0.248 e. The van der Waals surface area contributed by atoms with E-state index in [1.165, 1.54) is 0 Å². The van der Waals surface area contributed by atoms with Crippen molar-refractivity contribution < 1.29 is 9.53 Å². The van der Waals surface area contributed by atoms with Gasteiger partial charge in [-0.2, -0.15) is 0 Å². The highest BCUT2D eigenvalue weighted by molar-refractivity contribution is 5.93. The number of rotatable bonds is 7. The summed E-state index contributed by atoms with van der Waals surface area (Å²) in [5.74, 6) is 0.217. The molecule has 0 unspecified atom stereocenters. The van der Waals surface area contributed by atoms with E-state index < -0.39 is 5.91 Å². The number of carbonyl (C=O) groups excluding carboxylic acids is 1. The summed E-state index contributed by atoms with van der Waals surface area (Å²) in [6.45, 7) is 1.48. The van der Waals surface area contributed by atoms with E-state index in [1.807, 2.05) is 0 Å². The number of pyridine rings is 1. The normalized spacial score (nSPS) is 22.0. The number of anilines is 1. The molecule has 0 aromatic carbocycles. The lowest BCUT2D eigenvalue weighted by Crippen LogP contribution is -2.30. The van der Waals surface area contributed by atoms with Crippen LogP contribution in [-0.4, -0.2) is 36.2 Å². The Labute approximate surface area is 125 Å². The first-order chi connectivity index (χ1) is 10.1. The molecule has 1 amide bonds. The highest BCUT2D eigenvalue weighted by Gasteiger charge is 2.18. The van der Waals surface area contributed by atoms with Crippen LogP contribution in [0.3, 0.4) is 0 Å². The van der Waals surface area contributed by atoms with Gasteiger partial charge in [0.05, 0.1) is 6.10 Å². The van der Waals surface area contributed by atoms with Crippen molar-refractivity contribution in [1.82, 2.24) is 4.98 Å². The van der Waals surface area contributed by atoms with E-state index in [9.17, 15) is 4.79 Å². The predicted octanol–water partition coefficient (Wildman–Crippen LogP) is 1.27. The van der Waals surface area contributed by atoms with E-state index in [0.29, 0.717) is 23.5 Å². The van der Waals surface area contributed by atoms with Crippen LogP contribution < -0.4 is 16.8 Å². The number of nitrogens with zero attached hydrogens (tertiary/aromatic N) is 1. The lowest BCUT2D eigenvalue weighted by atomic mass is 9.94. The first-order valence-corrected chi connectivity index (χ1v) is 7.52. The predicted molar refractivity (Wildman–Crippen MR) is 82.0 cm³/mol. The molecule has 21 heavy (non-hydrogen) atoms. The van der Waals surface area contributed by atoms with Crippen LogP contribution >= 0.6 is 0 Å². The van der Waals surface area contributed by atoms with Crippen LogP contribution in [0.15, 0.2) is 18.3 Å². The van der Waals surface area contributed by atoms with Gasteiger partial charge in [0.2, 0.25) is 5.91 Å². The van der Waals surface area contributed by atoms with Gasteiger partial charge in [-0.1, -0.05) is 0 Å². The van der Waals surface area contributed by atoms with Crippen molar-refractivity contribution in [3.05, 3.63) is 23.9 Å². The number of hydrogen-bond acceptors (Lipinski definition) is 5. The van der Waals surface area contributed by atoms with Gasteiger partial charge in [-0.05, 0) is 44.2 Å². The molecule has 6 heteroatoms. The molecular weight excluding hydrogens is 268 g/mol. The lowest BCUT2D eigenvalue weighted by molar-refractivity contribution is 0.0251. The highest BCUT2D eigenvalue weighted by Crippen LogP contribution is 2.19. The van der Waals surface area contributed by atoms with Crippen molar-refractivity contribution in [3.63, 3.8) is 0 Å². The quantitative estimate of drug-likeness (QED) is 0.657. The molecule has 0 atom stereocenters. The fraction of sp³-hybridized carbons (Fsp3) is 0.600. The Morgan fingerprint density at radius 3 is 2.86 bits per heavy atom. The van der Waals surface area contributed by atoms with Gasteiger partial charge in [-0.3, -0.25) is 4.79 Å². The third-order valence-electron chi connectivity index (χ3n) is 3.74. The fourth-order valence-corrected chi connectivity index (χ4v) is 2.47. The summed E-state index contributed by atoms with van der Waals surface area (Å²) in [6, 6.07) is 3.62. The van der Waals surface area contributed by atoms with Crippen LogP contribution in [0, 0.1) is 0 Å². The molecule has 0 aliphatic heterocycles. The molecule has 2 rings (SSSR count). The van der Waals surface area contributed by atoms with Crippen molar-refractivity contribution in [3.8, 4) is 0 Å². The number of nitrogens with two attached hydrogens (primary N) is 2. The van der Waals surface area contributed by atoms with E-state index in [4.69, 9.17) is 16.2 Å². The third kappa shape index (κ3) is 5.32. The summed E-state index contributed by atoms with van der Waals surface area (Å²) in [7, 11) is 0. The van der Waals surface area contributed by atoms with Gasteiger partial charge in [0, 0.05) is 31.0 Å². The Balaban J connectivity index is 1.61. The zero-order valence-electron chi connectivity index (χ0n) is 12.3. The Kier molecular flexibility index (Phi) is 5.95. The van der Waals surface area contributed by atoms with E-state index in [-0.39, 0.29) is 0 Å². The molecule has 1 aromatic rings. The number of hydrogen-bond donors (Lipinski definition) is 3. The van der Waals surface area contributed by atoms with Gasteiger partial charge < -0.3 is 21.5 Å². The van der Waals surface area contributed by atoms with E-state index >= 15 is 0 Å². The molecule has 116 valence electrons. The second-order valence-electron chi connectivity index (χ2n) is 5.48. The molecule has 1 saturated carbocycles. The maximum Gasteiger partial charge on any atom is 0.248 e. The molecule has 1 aromatic heterocycles. The number of carbonyl (C=O) groups is 1. The van der Waals surface area contributed by atoms with Crippen LogP contribution in [0.5, 0.6) is 0 Å². The number of nitrogens with one attached hydrogen (secondary N) is 1. The van der Waals surface area contributed by atoms with E-state index in [2.05, 4.69) is 10.3 Å². The zero-order valence-corrected chi connectivity index (χ0v) is 12.3. The first-order valence-electron chi connectivity index (χ1n) is 7.52. The Morgan fingerprint density at radius 2 is 2.14 bits per heavy atom. The van der Waals surface area contributed by atoms with Crippen molar-refractivity contribution in [2.45, 2.75) is 44.2 Å². The summed E-state index contributed by atoms with van der Waals surface area (Å²) in [4.78, 5) is 15.2. The number of ether oxygens (including phenoxy) is 1. The topological polar surface area (TPSA) is 103 Å². The summed E-state index contributed by atoms with van der Waals surface area (Å²) in [5, 5.41) is 3.17. The molecule has 1 aliphatic carbocycles. The minimum absolute atomic E-state index is 0.357. The second kappa shape index (κ2) is 7.95. The second-order valence-corrected chi connectivity index (χ2v) is 5.48.